The Morgan fingerprint density at radius 2 is 2.42 bits per heavy atom. The first-order valence-corrected chi connectivity index (χ1v) is 7.51. The highest BCUT2D eigenvalue weighted by atomic mass is 32.1. The predicted molar refractivity (Wildman–Crippen MR) is 75.1 cm³/mol. The van der Waals surface area contributed by atoms with E-state index in [0.29, 0.717) is 18.2 Å². The largest absolute Gasteiger partial charge is 0.396 e. The van der Waals surface area contributed by atoms with Crippen LogP contribution >= 0.6 is 11.3 Å². The van der Waals surface area contributed by atoms with Gasteiger partial charge in [-0.3, -0.25) is 9.20 Å². The zero-order valence-electron chi connectivity index (χ0n) is 10.7. The van der Waals surface area contributed by atoms with E-state index < -0.39 is 0 Å². The molecule has 1 saturated carbocycles. The minimum absolute atomic E-state index is 0.169. The third kappa shape index (κ3) is 2.15. The van der Waals surface area contributed by atoms with Crippen LogP contribution in [0.4, 0.5) is 5.82 Å². The highest BCUT2D eigenvalue weighted by Crippen LogP contribution is 2.32. The number of aldehydes is 1. The molecule has 0 amide bonds. The van der Waals surface area contributed by atoms with Gasteiger partial charge in [0.15, 0.2) is 17.1 Å². The first kappa shape index (κ1) is 12.6. The maximum Gasteiger partial charge on any atom is 0.196 e. The SMILES string of the molecule is O=Cc1c(N(CCCO)C2CCC2)nc2sccn12. The normalized spacial score (nSPS) is 15.6. The minimum Gasteiger partial charge on any atom is -0.396 e. The lowest BCUT2D eigenvalue weighted by Crippen LogP contribution is -2.41. The maximum absolute atomic E-state index is 11.4. The zero-order valence-corrected chi connectivity index (χ0v) is 11.5. The number of fused-ring (bicyclic) bond motifs is 1. The number of nitrogens with zero attached hydrogens (tertiary/aromatic N) is 3. The molecule has 0 unspecified atom stereocenters. The van der Waals surface area contributed by atoms with Crippen molar-refractivity contribution < 1.29 is 9.90 Å². The summed E-state index contributed by atoms with van der Waals surface area (Å²) in [5.74, 6) is 0.778. The molecule has 5 nitrogen and oxygen atoms in total. The van der Waals surface area contributed by atoms with Crippen LogP contribution in [-0.2, 0) is 0 Å². The summed E-state index contributed by atoms with van der Waals surface area (Å²) in [4.78, 5) is 19.0. The molecule has 0 atom stereocenters. The predicted octanol–water partition coefficient (Wildman–Crippen LogP) is 1.95. The van der Waals surface area contributed by atoms with Crippen LogP contribution in [0.1, 0.15) is 36.2 Å². The fourth-order valence-corrected chi connectivity index (χ4v) is 3.23. The number of carbonyl (C=O) groups is 1. The molecule has 19 heavy (non-hydrogen) atoms. The van der Waals surface area contributed by atoms with Gasteiger partial charge in [-0.05, 0) is 25.7 Å². The van der Waals surface area contributed by atoms with Crippen LogP contribution in [-0.4, -0.2) is 40.0 Å². The van der Waals surface area contributed by atoms with Gasteiger partial charge < -0.3 is 10.0 Å². The molecule has 2 aromatic rings. The van der Waals surface area contributed by atoms with E-state index in [4.69, 9.17) is 5.11 Å². The van der Waals surface area contributed by atoms with Gasteiger partial charge in [0.05, 0.1) is 0 Å². The molecule has 0 aliphatic heterocycles. The Labute approximate surface area is 115 Å². The van der Waals surface area contributed by atoms with Gasteiger partial charge in [-0.15, -0.1) is 11.3 Å². The first-order valence-electron chi connectivity index (χ1n) is 6.63. The number of rotatable bonds is 6. The molecule has 0 saturated heterocycles. The third-order valence-corrected chi connectivity index (χ3v) is 4.49. The lowest BCUT2D eigenvalue weighted by atomic mass is 9.91. The van der Waals surface area contributed by atoms with Gasteiger partial charge in [-0.2, -0.15) is 0 Å². The monoisotopic (exact) mass is 279 g/mol. The number of aromatic nitrogens is 2. The number of hydrogen-bond acceptors (Lipinski definition) is 5. The van der Waals surface area contributed by atoms with Crippen LogP contribution in [0.5, 0.6) is 0 Å². The molecule has 0 aromatic carbocycles. The van der Waals surface area contributed by atoms with Crippen molar-refractivity contribution in [3.8, 4) is 0 Å². The number of thiazole rings is 1. The van der Waals surface area contributed by atoms with E-state index in [2.05, 4.69) is 9.88 Å². The van der Waals surface area contributed by atoms with Crippen LogP contribution in [0.15, 0.2) is 11.6 Å². The molecule has 2 aromatic heterocycles. The zero-order chi connectivity index (χ0) is 13.2. The molecule has 1 aliphatic rings. The second-order valence-corrected chi connectivity index (χ2v) is 5.72. The van der Waals surface area contributed by atoms with Crippen LogP contribution in [0.3, 0.4) is 0 Å². The molecule has 102 valence electrons. The number of aliphatic hydroxyl groups excluding tert-OH is 1. The van der Waals surface area contributed by atoms with Gasteiger partial charge in [0, 0.05) is 30.8 Å². The van der Waals surface area contributed by atoms with Crippen molar-refractivity contribution in [1.29, 1.82) is 0 Å². The third-order valence-electron chi connectivity index (χ3n) is 3.74. The van der Waals surface area contributed by atoms with E-state index in [1.165, 1.54) is 17.8 Å². The van der Waals surface area contributed by atoms with Crippen molar-refractivity contribution in [1.82, 2.24) is 9.38 Å². The van der Waals surface area contributed by atoms with Gasteiger partial charge >= 0.3 is 0 Å². The second kappa shape index (κ2) is 5.30. The van der Waals surface area contributed by atoms with E-state index in [-0.39, 0.29) is 6.61 Å². The number of anilines is 1. The summed E-state index contributed by atoms with van der Waals surface area (Å²) in [7, 11) is 0. The Morgan fingerprint density at radius 1 is 1.58 bits per heavy atom. The van der Waals surface area contributed by atoms with Crippen molar-refractivity contribution in [2.75, 3.05) is 18.1 Å². The average Bonchev–Trinajstić information content (AvgIpc) is 2.91. The molecular weight excluding hydrogens is 262 g/mol. The number of carbonyl (C=O) groups excluding carboxylic acids is 1. The standard InChI is InChI=1S/C13H17N3O2S/c17-7-2-5-15(10-3-1-4-10)12-11(9-18)16-6-8-19-13(16)14-12/h6,8-10,17H,1-5,7H2. The molecule has 6 heteroatoms. The molecule has 0 spiro atoms. The number of aliphatic hydroxyl groups is 1. The minimum atomic E-state index is 0.169. The lowest BCUT2D eigenvalue weighted by Gasteiger charge is -2.38. The topological polar surface area (TPSA) is 57.8 Å². The quantitative estimate of drug-likeness (QED) is 0.821. The molecule has 0 radical (unpaired) electrons. The van der Waals surface area contributed by atoms with Gasteiger partial charge in [0.25, 0.3) is 0 Å². The van der Waals surface area contributed by atoms with Crippen LogP contribution in [0.25, 0.3) is 4.96 Å². The van der Waals surface area contributed by atoms with Crippen LogP contribution in [0, 0.1) is 0 Å². The van der Waals surface area contributed by atoms with Gasteiger partial charge in [-0.1, -0.05) is 0 Å². The summed E-state index contributed by atoms with van der Waals surface area (Å²) < 4.78 is 1.84. The van der Waals surface area contributed by atoms with Crippen molar-refractivity contribution in [2.45, 2.75) is 31.7 Å². The molecule has 3 rings (SSSR count). The molecule has 1 fully saturated rings. The van der Waals surface area contributed by atoms with E-state index >= 15 is 0 Å². The Kier molecular flexibility index (Phi) is 3.52. The van der Waals surface area contributed by atoms with E-state index in [1.807, 2.05) is 16.0 Å². The molecule has 1 aliphatic carbocycles. The summed E-state index contributed by atoms with van der Waals surface area (Å²) in [6.45, 7) is 0.925. The molecule has 2 heterocycles. The smallest absolute Gasteiger partial charge is 0.196 e. The highest BCUT2D eigenvalue weighted by molar-refractivity contribution is 7.15. The van der Waals surface area contributed by atoms with Gasteiger partial charge in [-0.25, -0.2) is 4.98 Å². The second-order valence-electron chi connectivity index (χ2n) is 4.85. The first-order chi connectivity index (χ1) is 9.35. The van der Waals surface area contributed by atoms with Crippen molar-refractivity contribution in [3.63, 3.8) is 0 Å². The highest BCUT2D eigenvalue weighted by Gasteiger charge is 2.29. The van der Waals surface area contributed by atoms with Crippen molar-refractivity contribution >= 4 is 28.4 Å². The van der Waals surface area contributed by atoms with Crippen molar-refractivity contribution in [3.05, 3.63) is 17.3 Å². The summed E-state index contributed by atoms with van der Waals surface area (Å²) >= 11 is 1.53. The maximum atomic E-state index is 11.4. The average molecular weight is 279 g/mol. The summed E-state index contributed by atoms with van der Waals surface area (Å²) in [5, 5.41) is 11.0. The van der Waals surface area contributed by atoms with Crippen LogP contribution in [0.2, 0.25) is 0 Å². The van der Waals surface area contributed by atoms with E-state index in [1.54, 1.807) is 0 Å². The Balaban J connectivity index is 1.97. The van der Waals surface area contributed by atoms with E-state index in [9.17, 15) is 4.79 Å². The fourth-order valence-electron chi connectivity index (χ4n) is 2.51. The fraction of sp³-hybridized carbons (Fsp3) is 0.538. The Bertz CT molecular complexity index is 573. The molecular formula is C13H17N3O2S. The van der Waals surface area contributed by atoms with Gasteiger partial charge in [0.1, 0.15) is 5.69 Å². The Hall–Kier alpha value is -1.40. The summed E-state index contributed by atoms with van der Waals surface area (Å²) in [6, 6.07) is 0.467. The number of hydrogen-bond donors (Lipinski definition) is 1. The Morgan fingerprint density at radius 3 is 3.05 bits per heavy atom. The van der Waals surface area contributed by atoms with Gasteiger partial charge in [0.2, 0.25) is 0 Å². The summed E-state index contributed by atoms with van der Waals surface area (Å²) in [5.41, 5.74) is 0.626. The lowest BCUT2D eigenvalue weighted by molar-refractivity contribution is 0.111. The van der Waals surface area contributed by atoms with Crippen LogP contribution < -0.4 is 4.90 Å². The molecule has 1 N–H and O–H groups in total. The van der Waals surface area contributed by atoms with Crippen molar-refractivity contribution in [2.24, 2.45) is 0 Å². The summed E-state index contributed by atoms with van der Waals surface area (Å²) in [6.07, 6.45) is 7.00. The van der Waals surface area contributed by atoms with E-state index in [0.717, 1.165) is 36.5 Å². The molecule has 0 bridgehead atoms. The number of imidazole rings is 1.